The van der Waals surface area contributed by atoms with Crippen LogP contribution in [0, 0.1) is 6.92 Å². The first kappa shape index (κ1) is 22.3. The smallest absolute Gasteiger partial charge is 0.254 e. The molecule has 4 heteroatoms. The number of aryl methyl sites for hydroxylation is 1. The van der Waals surface area contributed by atoms with Crippen LogP contribution in [0.5, 0.6) is 0 Å². The van der Waals surface area contributed by atoms with Crippen LogP contribution >= 0.6 is 0 Å². The third-order valence-corrected chi connectivity index (χ3v) is 5.57. The number of amides is 2. The van der Waals surface area contributed by atoms with Gasteiger partial charge in [0.1, 0.15) is 0 Å². The Morgan fingerprint density at radius 1 is 0.806 bits per heavy atom. The van der Waals surface area contributed by atoms with Gasteiger partial charge in [0, 0.05) is 18.5 Å². The minimum absolute atomic E-state index is 0.0692. The highest BCUT2D eigenvalue weighted by molar-refractivity contribution is 5.94. The van der Waals surface area contributed by atoms with E-state index in [0.717, 1.165) is 16.7 Å². The molecular weight excluding hydrogens is 384 g/mol. The van der Waals surface area contributed by atoms with Crippen molar-refractivity contribution in [3.8, 4) is 0 Å². The fraction of sp³-hybridized carbons (Fsp3) is 0.259. The first-order chi connectivity index (χ1) is 15.0. The van der Waals surface area contributed by atoms with Crippen molar-refractivity contribution in [1.82, 2.24) is 10.2 Å². The molecule has 0 spiro atoms. The molecular formula is C27H30N2O2. The highest BCUT2D eigenvalue weighted by atomic mass is 16.2. The number of nitrogens with zero attached hydrogens (tertiary/aromatic N) is 1. The fourth-order valence-electron chi connectivity index (χ4n) is 3.61. The van der Waals surface area contributed by atoms with Crippen LogP contribution in [0.4, 0.5) is 0 Å². The van der Waals surface area contributed by atoms with Gasteiger partial charge in [0.25, 0.3) is 5.91 Å². The van der Waals surface area contributed by atoms with E-state index in [1.165, 1.54) is 0 Å². The van der Waals surface area contributed by atoms with E-state index in [1.807, 2.05) is 106 Å². The van der Waals surface area contributed by atoms with Crippen LogP contribution in [0.25, 0.3) is 0 Å². The number of rotatable bonds is 8. The molecule has 3 rings (SSSR count). The predicted molar refractivity (Wildman–Crippen MR) is 125 cm³/mol. The Morgan fingerprint density at radius 3 is 1.94 bits per heavy atom. The second kappa shape index (κ2) is 10.6. The summed E-state index contributed by atoms with van der Waals surface area (Å²) in [4.78, 5) is 27.8. The molecule has 0 bridgehead atoms. The predicted octanol–water partition coefficient (Wildman–Crippen LogP) is 5.47. The number of nitrogens with one attached hydrogen (secondary N) is 1. The Labute approximate surface area is 184 Å². The summed E-state index contributed by atoms with van der Waals surface area (Å²) in [5.74, 6) is -0.140. The Balaban J connectivity index is 1.72. The summed E-state index contributed by atoms with van der Waals surface area (Å²) < 4.78 is 0. The van der Waals surface area contributed by atoms with E-state index in [1.54, 1.807) is 4.90 Å². The van der Waals surface area contributed by atoms with Gasteiger partial charge in [0.15, 0.2) is 0 Å². The minimum atomic E-state index is -0.144. The van der Waals surface area contributed by atoms with Crippen LogP contribution in [-0.2, 0) is 4.79 Å². The van der Waals surface area contributed by atoms with Gasteiger partial charge in [0.2, 0.25) is 5.91 Å². The zero-order chi connectivity index (χ0) is 22.2. The lowest BCUT2D eigenvalue weighted by atomic mass is 10.0. The number of hydrogen-bond acceptors (Lipinski definition) is 2. The monoisotopic (exact) mass is 414 g/mol. The summed E-state index contributed by atoms with van der Waals surface area (Å²) in [6, 6.07) is 27.1. The standard InChI is InChI=1S/C27H30N2O2/c1-20-14-16-25(17-15-20)27(31)29(22(3)24-12-8-5-9-13-24)19-18-26(30)28-21(2)23-10-6-4-7-11-23/h4-17,21-22H,18-19H2,1-3H3,(H,28,30). The second-order valence-corrected chi connectivity index (χ2v) is 7.90. The van der Waals surface area contributed by atoms with Crippen LogP contribution < -0.4 is 5.32 Å². The van der Waals surface area contributed by atoms with E-state index in [0.29, 0.717) is 12.1 Å². The van der Waals surface area contributed by atoms with E-state index in [4.69, 9.17) is 0 Å². The van der Waals surface area contributed by atoms with Crippen LogP contribution in [0.15, 0.2) is 84.9 Å². The summed E-state index contributed by atoms with van der Waals surface area (Å²) in [6.07, 6.45) is 0.242. The quantitative estimate of drug-likeness (QED) is 0.532. The van der Waals surface area contributed by atoms with Crippen molar-refractivity contribution in [1.29, 1.82) is 0 Å². The summed E-state index contributed by atoms with van der Waals surface area (Å²) >= 11 is 0. The van der Waals surface area contributed by atoms with Crippen molar-refractivity contribution in [2.45, 2.75) is 39.3 Å². The van der Waals surface area contributed by atoms with Crippen LogP contribution in [0.3, 0.4) is 0 Å². The molecule has 2 atom stereocenters. The molecule has 0 aliphatic carbocycles. The normalized spacial score (nSPS) is 12.6. The third kappa shape index (κ3) is 6.05. The first-order valence-electron chi connectivity index (χ1n) is 10.7. The van der Waals surface area contributed by atoms with Gasteiger partial charge in [-0.3, -0.25) is 9.59 Å². The molecule has 1 N–H and O–H groups in total. The number of carbonyl (C=O) groups excluding carboxylic acids is 2. The highest BCUT2D eigenvalue weighted by Gasteiger charge is 2.23. The van der Waals surface area contributed by atoms with Gasteiger partial charge in [-0.1, -0.05) is 78.4 Å². The lowest BCUT2D eigenvalue weighted by Gasteiger charge is -2.30. The molecule has 4 nitrogen and oxygen atoms in total. The largest absolute Gasteiger partial charge is 0.350 e. The van der Waals surface area contributed by atoms with Crippen molar-refractivity contribution >= 4 is 11.8 Å². The average molecular weight is 415 g/mol. The lowest BCUT2D eigenvalue weighted by molar-refractivity contribution is -0.122. The Kier molecular flexibility index (Phi) is 7.60. The van der Waals surface area contributed by atoms with Gasteiger partial charge >= 0.3 is 0 Å². The molecule has 0 saturated carbocycles. The van der Waals surface area contributed by atoms with Gasteiger partial charge < -0.3 is 10.2 Å². The summed E-state index contributed by atoms with van der Waals surface area (Å²) in [7, 11) is 0. The highest BCUT2D eigenvalue weighted by Crippen LogP contribution is 2.23. The SMILES string of the molecule is Cc1ccc(C(=O)N(CCC(=O)NC(C)c2ccccc2)C(C)c2ccccc2)cc1. The van der Waals surface area contributed by atoms with Crippen molar-refractivity contribution in [3.63, 3.8) is 0 Å². The summed E-state index contributed by atoms with van der Waals surface area (Å²) in [5.41, 5.74) is 3.84. The molecule has 3 aromatic rings. The topological polar surface area (TPSA) is 49.4 Å². The van der Waals surface area contributed by atoms with Gasteiger partial charge in [-0.15, -0.1) is 0 Å². The third-order valence-electron chi connectivity index (χ3n) is 5.57. The zero-order valence-electron chi connectivity index (χ0n) is 18.4. The molecule has 0 fully saturated rings. The lowest BCUT2D eigenvalue weighted by Crippen LogP contribution is -2.37. The van der Waals surface area contributed by atoms with Crippen molar-refractivity contribution in [3.05, 3.63) is 107 Å². The maximum atomic E-state index is 13.3. The second-order valence-electron chi connectivity index (χ2n) is 7.90. The van der Waals surface area contributed by atoms with Crippen LogP contribution in [0.2, 0.25) is 0 Å². The first-order valence-corrected chi connectivity index (χ1v) is 10.7. The van der Waals surface area contributed by atoms with E-state index in [9.17, 15) is 9.59 Å². The maximum absolute atomic E-state index is 13.3. The molecule has 0 radical (unpaired) electrons. The molecule has 2 amide bonds. The van der Waals surface area contributed by atoms with E-state index < -0.39 is 0 Å². The van der Waals surface area contributed by atoms with Gasteiger partial charge in [-0.05, 0) is 44.0 Å². The minimum Gasteiger partial charge on any atom is -0.350 e. The van der Waals surface area contributed by atoms with Gasteiger partial charge in [-0.25, -0.2) is 0 Å². The van der Waals surface area contributed by atoms with Gasteiger partial charge in [0.05, 0.1) is 12.1 Å². The molecule has 2 unspecified atom stereocenters. The Hall–Kier alpha value is -3.40. The molecule has 0 aliphatic heterocycles. The molecule has 0 aromatic heterocycles. The molecule has 0 heterocycles. The van der Waals surface area contributed by atoms with Crippen LogP contribution in [-0.4, -0.2) is 23.3 Å². The zero-order valence-corrected chi connectivity index (χ0v) is 18.4. The summed E-state index contributed by atoms with van der Waals surface area (Å²) in [6.45, 7) is 6.31. The molecule has 0 aliphatic rings. The Bertz CT molecular complexity index is 985. The van der Waals surface area contributed by atoms with Crippen molar-refractivity contribution in [2.75, 3.05) is 6.54 Å². The van der Waals surface area contributed by atoms with E-state index in [2.05, 4.69) is 5.32 Å². The number of hydrogen-bond donors (Lipinski definition) is 1. The Morgan fingerprint density at radius 2 is 1.35 bits per heavy atom. The summed E-state index contributed by atoms with van der Waals surface area (Å²) in [5, 5.41) is 3.04. The molecule has 160 valence electrons. The molecule has 3 aromatic carbocycles. The van der Waals surface area contributed by atoms with E-state index in [-0.39, 0.29) is 30.3 Å². The van der Waals surface area contributed by atoms with Gasteiger partial charge in [-0.2, -0.15) is 0 Å². The average Bonchev–Trinajstić information content (AvgIpc) is 2.80. The van der Waals surface area contributed by atoms with Crippen LogP contribution in [0.1, 0.15) is 59.4 Å². The number of carbonyl (C=O) groups is 2. The molecule has 0 saturated heterocycles. The fourth-order valence-corrected chi connectivity index (χ4v) is 3.61. The maximum Gasteiger partial charge on any atom is 0.254 e. The molecule has 31 heavy (non-hydrogen) atoms. The van der Waals surface area contributed by atoms with E-state index >= 15 is 0 Å². The van der Waals surface area contributed by atoms with Crippen molar-refractivity contribution < 1.29 is 9.59 Å². The van der Waals surface area contributed by atoms with Crippen molar-refractivity contribution in [2.24, 2.45) is 0 Å². The number of benzene rings is 3.